The largest absolute Gasteiger partial charge is 0.465 e. The number of alkyl halides is 2. The highest BCUT2D eigenvalue weighted by Crippen LogP contribution is 2.46. The highest BCUT2D eigenvalue weighted by atomic mass is 19.3. The number of amides is 1. The zero-order valence-electron chi connectivity index (χ0n) is 11.4. The van der Waals surface area contributed by atoms with Crippen LogP contribution in [0.25, 0.3) is 0 Å². The summed E-state index contributed by atoms with van der Waals surface area (Å²) < 4.78 is 31.8. The van der Waals surface area contributed by atoms with Crippen LogP contribution < -0.4 is 4.90 Å². The second-order valence-corrected chi connectivity index (χ2v) is 5.09. The van der Waals surface area contributed by atoms with Gasteiger partial charge in [-0.2, -0.15) is 8.78 Å². The summed E-state index contributed by atoms with van der Waals surface area (Å²) in [5.41, 5.74) is -0.361. The molecule has 20 heavy (non-hydrogen) atoms. The fourth-order valence-electron chi connectivity index (χ4n) is 2.66. The molecule has 6 heteroatoms. The van der Waals surface area contributed by atoms with E-state index in [9.17, 15) is 18.4 Å². The van der Waals surface area contributed by atoms with Gasteiger partial charge in [0.25, 0.3) is 0 Å². The van der Waals surface area contributed by atoms with E-state index >= 15 is 0 Å². The van der Waals surface area contributed by atoms with Gasteiger partial charge in [-0.05, 0) is 18.6 Å². The Bertz CT molecular complexity index is 573. The molecule has 1 heterocycles. The molecule has 0 aromatic heterocycles. The lowest BCUT2D eigenvalue weighted by Crippen LogP contribution is -2.44. The summed E-state index contributed by atoms with van der Waals surface area (Å²) in [5, 5.41) is 0. The van der Waals surface area contributed by atoms with Crippen LogP contribution >= 0.6 is 0 Å². The Hall–Kier alpha value is -1.98. The summed E-state index contributed by atoms with van der Waals surface area (Å²) in [6.45, 7) is 1.43. The van der Waals surface area contributed by atoms with Crippen molar-refractivity contribution >= 4 is 17.6 Å². The lowest BCUT2D eigenvalue weighted by Gasteiger charge is -2.26. The fraction of sp³-hybridized carbons (Fsp3) is 0.429. The van der Waals surface area contributed by atoms with Gasteiger partial charge >= 0.3 is 11.9 Å². The summed E-state index contributed by atoms with van der Waals surface area (Å²) in [6, 6.07) is 6.73. The molecule has 1 aliphatic heterocycles. The molecule has 1 atom stereocenters. The first kappa shape index (κ1) is 14.4. The predicted molar refractivity (Wildman–Crippen MR) is 68.8 cm³/mol. The summed E-state index contributed by atoms with van der Waals surface area (Å²) in [7, 11) is 2.43. The molecule has 0 saturated heterocycles. The summed E-state index contributed by atoms with van der Waals surface area (Å²) in [6.07, 6.45) is -0.910. The molecule has 0 saturated carbocycles. The molecule has 0 N–H and O–H groups in total. The minimum atomic E-state index is -3.71. The highest BCUT2D eigenvalue weighted by Gasteiger charge is 2.54. The number of nitrogens with zero attached hydrogens (tertiary/aromatic N) is 1. The molecule has 0 bridgehead atoms. The predicted octanol–water partition coefficient (Wildman–Crippen LogP) is 2.12. The van der Waals surface area contributed by atoms with Gasteiger partial charge in [-0.1, -0.05) is 18.2 Å². The Labute approximate surface area is 115 Å². The third-order valence-corrected chi connectivity index (χ3v) is 3.70. The van der Waals surface area contributed by atoms with Crippen molar-refractivity contribution in [2.24, 2.45) is 0 Å². The summed E-state index contributed by atoms with van der Waals surface area (Å²) in [4.78, 5) is 24.8. The number of methoxy groups -OCH3 is 1. The van der Waals surface area contributed by atoms with E-state index in [2.05, 4.69) is 4.74 Å². The number of rotatable bonds is 3. The monoisotopic (exact) mass is 283 g/mol. The van der Waals surface area contributed by atoms with Crippen LogP contribution in [-0.4, -0.2) is 32.0 Å². The zero-order valence-corrected chi connectivity index (χ0v) is 11.4. The van der Waals surface area contributed by atoms with Gasteiger partial charge in [-0.3, -0.25) is 4.79 Å². The molecular formula is C14H15F2NO3. The van der Waals surface area contributed by atoms with Gasteiger partial charge in [-0.15, -0.1) is 0 Å². The quantitative estimate of drug-likeness (QED) is 0.798. The van der Waals surface area contributed by atoms with E-state index in [0.29, 0.717) is 11.3 Å². The van der Waals surface area contributed by atoms with Crippen molar-refractivity contribution in [1.82, 2.24) is 0 Å². The van der Waals surface area contributed by atoms with Crippen molar-refractivity contribution in [3.8, 4) is 0 Å². The van der Waals surface area contributed by atoms with Crippen LogP contribution in [0.4, 0.5) is 14.5 Å². The molecule has 0 aliphatic carbocycles. The van der Waals surface area contributed by atoms with Crippen molar-refractivity contribution in [3.63, 3.8) is 0 Å². The maximum absolute atomic E-state index is 13.9. The molecule has 108 valence electrons. The number of carbonyl (C=O) groups excluding carboxylic acids is 2. The number of para-hydroxylation sites is 1. The number of fused-ring (bicyclic) bond motifs is 1. The van der Waals surface area contributed by atoms with Crippen LogP contribution in [0, 0.1) is 0 Å². The number of likely N-dealkylation sites (N-methyl/N-ethyl adjacent to an activating group) is 1. The van der Waals surface area contributed by atoms with Gasteiger partial charge in [0.2, 0.25) is 5.91 Å². The van der Waals surface area contributed by atoms with Gasteiger partial charge in [0.1, 0.15) is 0 Å². The van der Waals surface area contributed by atoms with Crippen LogP contribution in [0.2, 0.25) is 0 Å². The van der Waals surface area contributed by atoms with Crippen molar-refractivity contribution in [2.45, 2.75) is 24.7 Å². The first-order valence-corrected chi connectivity index (χ1v) is 6.08. The number of hydrogen-bond acceptors (Lipinski definition) is 3. The first-order valence-electron chi connectivity index (χ1n) is 6.08. The number of anilines is 1. The fourth-order valence-corrected chi connectivity index (χ4v) is 2.66. The Kier molecular flexibility index (Phi) is 3.28. The minimum Gasteiger partial charge on any atom is -0.465 e. The van der Waals surface area contributed by atoms with Gasteiger partial charge in [0.05, 0.1) is 12.5 Å². The highest BCUT2D eigenvalue weighted by molar-refractivity contribution is 6.07. The van der Waals surface area contributed by atoms with Crippen LogP contribution in [0.15, 0.2) is 24.3 Å². The number of carbonyl (C=O) groups is 2. The van der Waals surface area contributed by atoms with E-state index < -0.39 is 29.6 Å². The number of halogens is 2. The Morgan fingerprint density at radius 3 is 2.60 bits per heavy atom. The van der Waals surface area contributed by atoms with Crippen molar-refractivity contribution in [1.29, 1.82) is 0 Å². The lowest BCUT2D eigenvalue weighted by atomic mass is 9.78. The second-order valence-electron chi connectivity index (χ2n) is 5.09. The average molecular weight is 283 g/mol. The minimum absolute atomic E-state index is 0.456. The molecule has 0 fully saturated rings. The van der Waals surface area contributed by atoms with Gasteiger partial charge in [-0.25, -0.2) is 4.79 Å². The van der Waals surface area contributed by atoms with Crippen LogP contribution in [0.1, 0.15) is 18.9 Å². The van der Waals surface area contributed by atoms with Crippen molar-refractivity contribution < 1.29 is 23.1 Å². The second kappa shape index (κ2) is 4.54. The third kappa shape index (κ3) is 1.95. The van der Waals surface area contributed by atoms with Gasteiger partial charge in [0, 0.05) is 19.2 Å². The maximum Gasteiger partial charge on any atom is 0.376 e. The number of benzene rings is 1. The topological polar surface area (TPSA) is 46.6 Å². The van der Waals surface area contributed by atoms with E-state index in [0.717, 1.165) is 7.11 Å². The average Bonchev–Trinajstić information content (AvgIpc) is 2.60. The van der Waals surface area contributed by atoms with Gasteiger partial charge in [0.15, 0.2) is 0 Å². The molecule has 1 aliphatic rings. The Morgan fingerprint density at radius 1 is 1.40 bits per heavy atom. The summed E-state index contributed by atoms with van der Waals surface area (Å²) in [5.74, 6) is -5.79. The molecule has 1 unspecified atom stereocenters. The van der Waals surface area contributed by atoms with Crippen LogP contribution in [0.5, 0.6) is 0 Å². The molecule has 0 radical (unpaired) electrons. The molecule has 1 aromatic rings. The third-order valence-electron chi connectivity index (χ3n) is 3.70. The van der Waals surface area contributed by atoms with E-state index in [1.807, 2.05) is 0 Å². The zero-order chi connectivity index (χ0) is 15.1. The van der Waals surface area contributed by atoms with Gasteiger partial charge < -0.3 is 9.64 Å². The number of esters is 1. The van der Waals surface area contributed by atoms with E-state index in [1.54, 1.807) is 24.3 Å². The SMILES string of the molecule is COC(=O)C(F)(F)CC1(C)C(=O)N(C)c2ccccc21. The molecule has 0 spiro atoms. The lowest BCUT2D eigenvalue weighted by molar-refractivity contribution is -0.172. The maximum atomic E-state index is 13.9. The number of hydrogen-bond donors (Lipinski definition) is 0. The van der Waals surface area contributed by atoms with Crippen molar-refractivity contribution in [2.75, 3.05) is 19.1 Å². The summed E-state index contributed by atoms with van der Waals surface area (Å²) >= 11 is 0. The molecule has 1 aromatic carbocycles. The van der Waals surface area contributed by atoms with Crippen LogP contribution in [0.3, 0.4) is 0 Å². The molecule has 2 rings (SSSR count). The Morgan fingerprint density at radius 2 is 2.00 bits per heavy atom. The van der Waals surface area contributed by atoms with E-state index in [-0.39, 0.29) is 0 Å². The number of ether oxygens (including phenoxy) is 1. The van der Waals surface area contributed by atoms with E-state index in [4.69, 9.17) is 0 Å². The molecule has 4 nitrogen and oxygen atoms in total. The normalized spacial score (nSPS) is 21.9. The smallest absolute Gasteiger partial charge is 0.376 e. The molecule has 1 amide bonds. The Balaban J connectivity index is 2.45. The first-order chi connectivity index (χ1) is 9.24. The van der Waals surface area contributed by atoms with Crippen LogP contribution in [-0.2, 0) is 19.7 Å². The van der Waals surface area contributed by atoms with E-state index in [1.165, 1.54) is 18.9 Å². The standard InChI is InChI=1S/C14H15F2NO3/c1-13(8-14(15,16)12(19)20-3)9-6-4-5-7-10(9)17(2)11(13)18/h4-7H,8H2,1-3H3. The van der Waals surface area contributed by atoms with Crippen molar-refractivity contribution in [3.05, 3.63) is 29.8 Å². The molecular weight excluding hydrogens is 268 g/mol.